The maximum Gasteiger partial charge on any atom is 0.261 e. The van der Waals surface area contributed by atoms with E-state index in [0.29, 0.717) is 28.6 Å². The van der Waals surface area contributed by atoms with E-state index < -0.39 is 0 Å². The number of anilines is 2. The van der Waals surface area contributed by atoms with Crippen molar-refractivity contribution in [1.82, 2.24) is 4.98 Å². The highest BCUT2D eigenvalue weighted by atomic mass is 32.2. The number of hydrogen-bond donors (Lipinski definition) is 2. The molecule has 2 heterocycles. The summed E-state index contributed by atoms with van der Waals surface area (Å²) in [5.74, 6) is 2.18. The van der Waals surface area contributed by atoms with E-state index in [0.717, 1.165) is 17.9 Å². The normalized spacial score (nSPS) is 15.9. The summed E-state index contributed by atoms with van der Waals surface area (Å²) in [4.78, 5) is 28.3. The molecule has 1 aromatic heterocycles. The first-order valence-electron chi connectivity index (χ1n) is 8.53. The van der Waals surface area contributed by atoms with E-state index in [1.54, 1.807) is 36.5 Å². The zero-order chi connectivity index (χ0) is 19.2. The number of carbonyl (C=O) groups excluding carboxylic acids is 2. The van der Waals surface area contributed by atoms with E-state index in [2.05, 4.69) is 15.6 Å². The Balaban J connectivity index is 1.81. The fourth-order valence-electron chi connectivity index (χ4n) is 2.70. The minimum Gasteiger partial charge on any atom is -0.495 e. The fraction of sp³-hybridized carbons (Fsp3) is 0.316. The average Bonchev–Trinajstić information content (AvgIpc) is 3.15. The molecule has 142 valence electrons. The highest BCUT2D eigenvalue weighted by Crippen LogP contribution is 2.30. The molecule has 0 saturated carbocycles. The highest BCUT2D eigenvalue weighted by molar-refractivity contribution is 7.99. The summed E-state index contributed by atoms with van der Waals surface area (Å²) in [7, 11) is 1.51. The van der Waals surface area contributed by atoms with E-state index in [4.69, 9.17) is 9.47 Å². The lowest BCUT2D eigenvalue weighted by atomic mass is 10.2. The summed E-state index contributed by atoms with van der Waals surface area (Å²) < 4.78 is 11.2. The number of nitrogens with zero attached hydrogens (tertiary/aromatic N) is 1. The molecule has 1 aliphatic heterocycles. The van der Waals surface area contributed by atoms with Crippen LogP contribution in [0.3, 0.4) is 0 Å². The van der Waals surface area contributed by atoms with Crippen LogP contribution >= 0.6 is 11.8 Å². The van der Waals surface area contributed by atoms with Crippen molar-refractivity contribution < 1.29 is 19.1 Å². The van der Waals surface area contributed by atoms with Gasteiger partial charge in [-0.25, -0.2) is 4.98 Å². The number of methoxy groups -OCH3 is 1. The zero-order valence-corrected chi connectivity index (χ0v) is 16.0. The lowest BCUT2D eigenvalue weighted by Gasteiger charge is -2.16. The molecule has 1 aromatic carbocycles. The summed E-state index contributed by atoms with van der Waals surface area (Å²) in [6, 6.07) is 8.38. The van der Waals surface area contributed by atoms with Gasteiger partial charge < -0.3 is 20.1 Å². The Kier molecular flexibility index (Phi) is 6.18. The van der Waals surface area contributed by atoms with Gasteiger partial charge in [0.1, 0.15) is 17.4 Å². The summed E-state index contributed by atoms with van der Waals surface area (Å²) in [6.45, 7) is 1.42. The van der Waals surface area contributed by atoms with Gasteiger partial charge in [-0.15, -0.1) is 0 Å². The van der Waals surface area contributed by atoms with Gasteiger partial charge >= 0.3 is 0 Å². The van der Waals surface area contributed by atoms with Crippen molar-refractivity contribution in [3.63, 3.8) is 0 Å². The van der Waals surface area contributed by atoms with Gasteiger partial charge in [-0.3, -0.25) is 9.59 Å². The van der Waals surface area contributed by atoms with Gasteiger partial charge in [-0.05, 0) is 42.5 Å². The Labute approximate surface area is 161 Å². The third kappa shape index (κ3) is 4.91. The van der Waals surface area contributed by atoms with Crippen LogP contribution in [0, 0.1) is 0 Å². The molecule has 0 radical (unpaired) electrons. The van der Waals surface area contributed by atoms with Crippen LogP contribution in [0.1, 0.15) is 23.7 Å². The summed E-state index contributed by atoms with van der Waals surface area (Å²) >= 11 is 1.83. The predicted molar refractivity (Wildman–Crippen MR) is 106 cm³/mol. The molecule has 8 heteroatoms. The van der Waals surface area contributed by atoms with Crippen molar-refractivity contribution in [1.29, 1.82) is 0 Å². The molecule has 2 amide bonds. The van der Waals surface area contributed by atoms with Crippen LogP contribution in [0.5, 0.6) is 11.6 Å². The average molecular weight is 387 g/mol. The van der Waals surface area contributed by atoms with Gasteiger partial charge in [-0.1, -0.05) is 0 Å². The lowest BCUT2D eigenvalue weighted by Crippen LogP contribution is -2.20. The topological polar surface area (TPSA) is 89.6 Å². The number of thioether (sulfide) groups is 1. The number of rotatable bonds is 6. The molecule has 1 saturated heterocycles. The molecule has 2 aromatic rings. The molecule has 7 nitrogen and oxygen atoms in total. The van der Waals surface area contributed by atoms with Crippen LogP contribution in [0.4, 0.5) is 11.4 Å². The second-order valence-electron chi connectivity index (χ2n) is 6.01. The van der Waals surface area contributed by atoms with E-state index in [1.807, 2.05) is 11.8 Å². The predicted octanol–water partition coefficient (Wildman–Crippen LogP) is 3.19. The van der Waals surface area contributed by atoms with Gasteiger partial charge in [0.15, 0.2) is 0 Å². The Morgan fingerprint density at radius 1 is 1.26 bits per heavy atom. The molecule has 27 heavy (non-hydrogen) atoms. The lowest BCUT2D eigenvalue weighted by molar-refractivity contribution is -0.114. The largest absolute Gasteiger partial charge is 0.495 e. The van der Waals surface area contributed by atoms with Crippen LogP contribution in [0.25, 0.3) is 0 Å². The van der Waals surface area contributed by atoms with Crippen LogP contribution in [-0.4, -0.2) is 41.5 Å². The van der Waals surface area contributed by atoms with Gasteiger partial charge in [0, 0.05) is 24.6 Å². The minimum atomic E-state index is -0.359. The van der Waals surface area contributed by atoms with Crippen molar-refractivity contribution in [2.24, 2.45) is 0 Å². The summed E-state index contributed by atoms with van der Waals surface area (Å²) in [5.41, 5.74) is 1.35. The van der Waals surface area contributed by atoms with E-state index in [-0.39, 0.29) is 17.9 Å². The third-order valence-corrected chi connectivity index (χ3v) is 5.08. The zero-order valence-electron chi connectivity index (χ0n) is 15.2. The Morgan fingerprint density at radius 3 is 2.81 bits per heavy atom. The van der Waals surface area contributed by atoms with Gasteiger partial charge in [0.2, 0.25) is 11.8 Å². The van der Waals surface area contributed by atoms with Gasteiger partial charge in [0.25, 0.3) is 5.91 Å². The highest BCUT2D eigenvalue weighted by Gasteiger charge is 2.22. The number of aromatic nitrogens is 1. The van der Waals surface area contributed by atoms with Crippen LogP contribution in [0.2, 0.25) is 0 Å². The number of ether oxygens (including phenoxy) is 2. The van der Waals surface area contributed by atoms with Crippen molar-refractivity contribution in [3.05, 3.63) is 42.1 Å². The monoisotopic (exact) mass is 387 g/mol. The molecule has 2 N–H and O–H groups in total. The smallest absolute Gasteiger partial charge is 0.261 e. The van der Waals surface area contributed by atoms with Crippen LogP contribution in [0.15, 0.2) is 36.5 Å². The first-order chi connectivity index (χ1) is 13.1. The summed E-state index contributed by atoms with van der Waals surface area (Å²) in [5, 5.41) is 5.50. The molecule has 0 spiro atoms. The molecule has 1 atom stereocenters. The molecule has 1 fully saturated rings. The van der Waals surface area contributed by atoms with Crippen molar-refractivity contribution in [2.45, 2.75) is 19.4 Å². The number of pyridine rings is 1. The van der Waals surface area contributed by atoms with E-state index in [1.165, 1.54) is 14.0 Å². The van der Waals surface area contributed by atoms with Crippen molar-refractivity contribution >= 4 is 35.0 Å². The number of amides is 2. The Hall–Kier alpha value is -2.74. The quantitative estimate of drug-likeness (QED) is 0.791. The van der Waals surface area contributed by atoms with Crippen molar-refractivity contribution in [3.8, 4) is 11.6 Å². The first-order valence-corrected chi connectivity index (χ1v) is 9.68. The Morgan fingerprint density at radius 2 is 2.11 bits per heavy atom. The molecule has 3 rings (SSSR count). The SMILES string of the molecule is COc1ccc(NC(C)=O)cc1NC(=O)c1cccnc1OC1CCSC1. The molecule has 1 unspecified atom stereocenters. The second kappa shape index (κ2) is 8.77. The van der Waals surface area contributed by atoms with Crippen molar-refractivity contribution in [2.75, 3.05) is 29.2 Å². The number of hydrogen-bond acceptors (Lipinski definition) is 6. The Bertz CT molecular complexity index is 837. The minimum absolute atomic E-state index is 0.0640. The fourth-order valence-corrected chi connectivity index (χ4v) is 3.79. The van der Waals surface area contributed by atoms with E-state index >= 15 is 0 Å². The number of nitrogens with one attached hydrogen (secondary N) is 2. The first kappa shape index (κ1) is 19.0. The number of carbonyl (C=O) groups is 2. The van der Waals surface area contributed by atoms with Crippen LogP contribution in [-0.2, 0) is 4.79 Å². The van der Waals surface area contributed by atoms with E-state index in [9.17, 15) is 9.59 Å². The molecule has 1 aliphatic rings. The maximum absolute atomic E-state index is 12.8. The third-order valence-electron chi connectivity index (χ3n) is 3.95. The number of benzene rings is 1. The summed E-state index contributed by atoms with van der Waals surface area (Å²) in [6.07, 6.45) is 2.61. The standard InChI is InChI=1S/C19H21N3O4S/c1-12(23)21-13-5-6-17(25-2)16(10-13)22-18(24)15-4-3-8-20-19(15)26-14-7-9-27-11-14/h3-6,8,10,14H,7,9,11H2,1-2H3,(H,21,23)(H,22,24). The molecular formula is C19H21N3O4S. The second-order valence-corrected chi connectivity index (χ2v) is 7.16. The molecular weight excluding hydrogens is 366 g/mol. The van der Waals surface area contributed by atoms with Gasteiger partial charge in [0.05, 0.1) is 12.8 Å². The molecule has 0 bridgehead atoms. The molecule has 0 aliphatic carbocycles. The van der Waals surface area contributed by atoms with Crippen LogP contribution < -0.4 is 20.1 Å². The van der Waals surface area contributed by atoms with Gasteiger partial charge in [-0.2, -0.15) is 11.8 Å². The maximum atomic E-state index is 12.8.